The molecule has 0 atom stereocenters. The van der Waals surface area contributed by atoms with Gasteiger partial charge in [0, 0.05) is 5.39 Å². The molecule has 0 saturated heterocycles. The van der Waals surface area contributed by atoms with E-state index >= 15 is 0 Å². The highest BCUT2D eigenvalue weighted by Crippen LogP contribution is 2.27. The minimum atomic E-state index is -4.60. The van der Waals surface area contributed by atoms with Gasteiger partial charge >= 0.3 is 11.9 Å². The summed E-state index contributed by atoms with van der Waals surface area (Å²) in [6, 6.07) is 6.53. The van der Waals surface area contributed by atoms with Gasteiger partial charge in [0.15, 0.2) is 0 Å². The maximum absolute atomic E-state index is 11.6. The third kappa shape index (κ3) is 2.92. The zero-order valence-corrected chi connectivity index (χ0v) is 12.5. The maximum Gasteiger partial charge on any atom is 0.337 e. The van der Waals surface area contributed by atoms with Gasteiger partial charge in [0.1, 0.15) is 4.90 Å². The van der Waals surface area contributed by atoms with Crippen LogP contribution in [0.5, 0.6) is 0 Å². The van der Waals surface area contributed by atoms with E-state index in [2.05, 4.69) is 9.47 Å². The Labute approximate surface area is 126 Å². The van der Waals surface area contributed by atoms with Crippen molar-refractivity contribution in [1.29, 1.82) is 0 Å². The van der Waals surface area contributed by atoms with Gasteiger partial charge in [0.05, 0.1) is 25.3 Å². The summed E-state index contributed by atoms with van der Waals surface area (Å²) in [7, 11) is -2.26. The lowest BCUT2D eigenvalue weighted by molar-refractivity contribution is 0.0591. The number of esters is 2. The molecule has 2 aromatic rings. The van der Waals surface area contributed by atoms with Crippen molar-refractivity contribution >= 4 is 32.8 Å². The second-order valence-electron chi connectivity index (χ2n) is 4.37. The summed E-state index contributed by atoms with van der Waals surface area (Å²) in [6.07, 6.45) is 0. The van der Waals surface area contributed by atoms with Gasteiger partial charge < -0.3 is 9.47 Å². The summed E-state index contributed by atoms with van der Waals surface area (Å²) >= 11 is 0. The average Bonchev–Trinajstić information content (AvgIpc) is 2.50. The Morgan fingerprint density at radius 1 is 0.955 bits per heavy atom. The van der Waals surface area contributed by atoms with Crippen molar-refractivity contribution < 1.29 is 32.0 Å². The monoisotopic (exact) mass is 324 g/mol. The summed E-state index contributed by atoms with van der Waals surface area (Å²) in [6.45, 7) is 0. The Kier molecular flexibility index (Phi) is 4.16. The minimum Gasteiger partial charge on any atom is -0.465 e. The van der Waals surface area contributed by atoms with Gasteiger partial charge in [-0.25, -0.2) is 9.59 Å². The zero-order valence-electron chi connectivity index (χ0n) is 11.7. The van der Waals surface area contributed by atoms with E-state index in [1.54, 1.807) is 0 Å². The van der Waals surface area contributed by atoms with Crippen LogP contribution in [0.25, 0.3) is 10.8 Å². The molecular formula is C14H12O7S. The number of fused-ring (bicyclic) bond motifs is 1. The molecule has 116 valence electrons. The average molecular weight is 324 g/mol. The Morgan fingerprint density at radius 3 is 2.09 bits per heavy atom. The molecule has 0 fully saturated rings. The third-order valence-electron chi connectivity index (χ3n) is 3.04. The fourth-order valence-electron chi connectivity index (χ4n) is 2.02. The molecule has 0 aliphatic heterocycles. The van der Waals surface area contributed by atoms with Gasteiger partial charge in [-0.15, -0.1) is 0 Å². The molecular weight excluding hydrogens is 312 g/mol. The fourth-order valence-corrected chi connectivity index (χ4v) is 2.75. The summed E-state index contributed by atoms with van der Waals surface area (Å²) in [4.78, 5) is 22.6. The lowest BCUT2D eigenvalue weighted by atomic mass is 10.0. The summed E-state index contributed by atoms with van der Waals surface area (Å²) in [5, 5.41) is 0.446. The number of benzene rings is 2. The predicted molar refractivity (Wildman–Crippen MR) is 76.4 cm³/mol. The molecule has 0 spiro atoms. The van der Waals surface area contributed by atoms with E-state index in [1.807, 2.05) is 0 Å². The van der Waals surface area contributed by atoms with Crippen molar-refractivity contribution in [3.05, 3.63) is 41.5 Å². The third-order valence-corrected chi connectivity index (χ3v) is 3.93. The smallest absolute Gasteiger partial charge is 0.337 e. The van der Waals surface area contributed by atoms with Crippen LogP contribution < -0.4 is 0 Å². The van der Waals surface area contributed by atoms with E-state index in [1.165, 1.54) is 31.4 Å². The molecule has 0 aliphatic carbocycles. The van der Waals surface area contributed by atoms with Crippen molar-refractivity contribution in [3.8, 4) is 0 Å². The molecule has 0 aromatic heterocycles. The van der Waals surface area contributed by atoms with Crippen LogP contribution >= 0.6 is 0 Å². The Morgan fingerprint density at radius 2 is 1.55 bits per heavy atom. The molecule has 0 saturated carbocycles. The van der Waals surface area contributed by atoms with E-state index in [0.29, 0.717) is 5.39 Å². The van der Waals surface area contributed by atoms with E-state index in [0.717, 1.165) is 13.2 Å². The lowest BCUT2D eigenvalue weighted by Gasteiger charge is -2.09. The molecule has 8 heteroatoms. The highest BCUT2D eigenvalue weighted by molar-refractivity contribution is 7.86. The summed E-state index contributed by atoms with van der Waals surface area (Å²) < 4.78 is 41.6. The van der Waals surface area contributed by atoms with E-state index < -0.39 is 27.0 Å². The van der Waals surface area contributed by atoms with Crippen LogP contribution in [0.15, 0.2) is 35.2 Å². The predicted octanol–water partition coefficient (Wildman–Crippen LogP) is 1.66. The molecule has 0 aliphatic rings. The quantitative estimate of drug-likeness (QED) is 0.675. The summed E-state index contributed by atoms with van der Waals surface area (Å²) in [5.74, 6) is -1.40. The van der Waals surface area contributed by atoms with Crippen LogP contribution in [0, 0.1) is 0 Å². The SMILES string of the molecule is COC(=O)c1cc(S(=O)(=O)O)c2cc(C(=O)OC)ccc2c1. The molecule has 22 heavy (non-hydrogen) atoms. The van der Waals surface area contributed by atoms with Gasteiger partial charge in [0.2, 0.25) is 0 Å². The number of rotatable bonds is 3. The van der Waals surface area contributed by atoms with Crippen LogP contribution in [0.4, 0.5) is 0 Å². The molecule has 0 radical (unpaired) electrons. The van der Waals surface area contributed by atoms with Crippen LogP contribution in [0.1, 0.15) is 20.7 Å². The van der Waals surface area contributed by atoms with Crippen molar-refractivity contribution in [2.24, 2.45) is 0 Å². The Balaban J connectivity index is 2.83. The van der Waals surface area contributed by atoms with Crippen molar-refractivity contribution in [1.82, 2.24) is 0 Å². The highest BCUT2D eigenvalue weighted by atomic mass is 32.2. The second kappa shape index (κ2) is 5.74. The standard InChI is InChI=1S/C14H12O7S/c1-20-13(15)9-4-3-8-5-10(14(16)21-2)7-12(11(8)6-9)22(17,18)19/h3-7H,1-2H3,(H,17,18,19). The lowest BCUT2D eigenvalue weighted by Crippen LogP contribution is -2.07. The van der Waals surface area contributed by atoms with Crippen LogP contribution in [-0.2, 0) is 19.6 Å². The molecule has 2 aromatic carbocycles. The Bertz CT molecular complexity index is 868. The van der Waals surface area contributed by atoms with Gasteiger partial charge in [-0.1, -0.05) is 6.07 Å². The molecule has 0 bridgehead atoms. The Hall–Kier alpha value is -2.45. The molecule has 2 rings (SSSR count). The number of hydrogen-bond acceptors (Lipinski definition) is 6. The largest absolute Gasteiger partial charge is 0.465 e. The van der Waals surface area contributed by atoms with Gasteiger partial charge in [-0.2, -0.15) is 8.42 Å². The van der Waals surface area contributed by atoms with Gasteiger partial charge in [0.25, 0.3) is 10.1 Å². The first kappa shape index (κ1) is 15.9. The maximum atomic E-state index is 11.6. The van der Waals surface area contributed by atoms with Crippen LogP contribution in [-0.4, -0.2) is 39.1 Å². The number of carbonyl (C=O) groups is 2. The molecule has 0 heterocycles. The van der Waals surface area contributed by atoms with Crippen LogP contribution in [0.2, 0.25) is 0 Å². The van der Waals surface area contributed by atoms with Gasteiger partial charge in [-0.05, 0) is 29.7 Å². The first-order valence-electron chi connectivity index (χ1n) is 6.00. The second-order valence-corrected chi connectivity index (χ2v) is 5.76. The van der Waals surface area contributed by atoms with Crippen LogP contribution in [0.3, 0.4) is 0 Å². The number of hydrogen-bond donors (Lipinski definition) is 1. The minimum absolute atomic E-state index is 0.0338. The summed E-state index contributed by atoms with van der Waals surface area (Å²) in [5.41, 5.74) is 0.0826. The molecule has 0 amide bonds. The van der Waals surface area contributed by atoms with Gasteiger partial charge in [-0.3, -0.25) is 4.55 Å². The topological polar surface area (TPSA) is 107 Å². The number of carbonyl (C=O) groups excluding carboxylic acids is 2. The molecule has 0 unspecified atom stereocenters. The van der Waals surface area contributed by atoms with E-state index in [4.69, 9.17) is 0 Å². The first-order chi connectivity index (χ1) is 10.3. The van der Waals surface area contributed by atoms with E-state index in [9.17, 15) is 22.6 Å². The normalized spacial score (nSPS) is 11.2. The molecule has 7 nitrogen and oxygen atoms in total. The first-order valence-corrected chi connectivity index (χ1v) is 7.44. The van der Waals surface area contributed by atoms with Crippen molar-refractivity contribution in [2.45, 2.75) is 4.90 Å². The fraction of sp³-hybridized carbons (Fsp3) is 0.143. The van der Waals surface area contributed by atoms with E-state index in [-0.39, 0.29) is 16.5 Å². The number of ether oxygens (including phenoxy) is 2. The molecule has 1 N–H and O–H groups in total. The number of methoxy groups -OCH3 is 2. The highest BCUT2D eigenvalue weighted by Gasteiger charge is 2.20. The van der Waals surface area contributed by atoms with Crippen molar-refractivity contribution in [3.63, 3.8) is 0 Å². The van der Waals surface area contributed by atoms with Crippen molar-refractivity contribution in [2.75, 3.05) is 14.2 Å². The zero-order chi connectivity index (χ0) is 16.5.